The summed E-state index contributed by atoms with van der Waals surface area (Å²) in [5.41, 5.74) is 1.31. The van der Waals surface area contributed by atoms with Gasteiger partial charge in [0.25, 0.3) is 11.8 Å². The number of ether oxygens (including phenoxy) is 2. The van der Waals surface area contributed by atoms with E-state index < -0.39 is 16.1 Å². The van der Waals surface area contributed by atoms with E-state index in [0.29, 0.717) is 24.3 Å². The average molecular weight is 581 g/mol. The maximum absolute atomic E-state index is 13.0. The van der Waals surface area contributed by atoms with Gasteiger partial charge in [-0.15, -0.1) is 0 Å². The molecule has 40 heavy (non-hydrogen) atoms. The summed E-state index contributed by atoms with van der Waals surface area (Å²) in [5.74, 6) is -0.231. The van der Waals surface area contributed by atoms with Crippen molar-refractivity contribution in [3.8, 4) is 0 Å². The highest BCUT2D eigenvalue weighted by Gasteiger charge is 2.48. The van der Waals surface area contributed by atoms with Crippen molar-refractivity contribution in [1.29, 1.82) is 0 Å². The number of carbonyl (C=O) groups is 2. The predicted molar refractivity (Wildman–Crippen MR) is 169 cm³/mol. The Bertz CT molecular complexity index is 1060. The minimum atomic E-state index is -1.48. The monoisotopic (exact) mass is 580 g/mol. The van der Waals surface area contributed by atoms with E-state index in [-0.39, 0.29) is 36.1 Å². The van der Waals surface area contributed by atoms with E-state index in [9.17, 15) is 9.59 Å². The van der Waals surface area contributed by atoms with Crippen molar-refractivity contribution < 1.29 is 19.1 Å². The molecule has 2 saturated heterocycles. The molecule has 2 N–H and O–H groups in total. The topological polar surface area (TPSA) is 76.7 Å². The van der Waals surface area contributed by atoms with Gasteiger partial charge in [-0.2, -0.15) is 0 Å². The van der Waals surface area contributed by atoms with Crippen molar-refractivity contribution in [3.05, 3.63) is 59.7 Å². The number of hydrogen-bond donors (Lipinski definition) is 2. The summed E-state index contributed by atoms with van der Waals surface area (Å²) in [4.78, 5) is 26.1. The van der Waals surface area contributed by atoms with Crippen molar-refractivity contribution in [3.63, 3.8) is 0 Å². The first-order valence-corrected chi connectivity index (χ1v) is 21.5. The second-order valence-corrected chi connectivity index (χ2v) is 22.6. The van der Waals surface area contributed by atoms with Gasteiger partial charge in [0.15, 0.2) is 0 Å². The van der Waals surface area contributed by atoms with Gasteiger partial charge in [-0.05, 0) is 24.3 Å². The van der Waals surface area contributed by atoms with Crippen LogP contribution >= 0.6 is 0 Å². The van der Waals surface area contributed by atoms with Crippen LogP contribution in [-0.2, 0) is 9.47 Å². The predicted octanol–water partition coefficient (Wildman–Crippen LogP) is 4.81. The van der Waals surface area contributed by atoms with Crippen LogP contribution < -0.4 is 21.0 Å². The number of benzene rings is 2. The molecular formula is C32H48N2O4Si2. The van der Waals surface area contributed by atoms with E-state index in [1.165, 1.54) is 48.1 Å². The van der Waals surface area contributed by atoms with Gasteiger partial charge >= 0.3 is 0 Å². The summed E-state index contributed by atoms with van der Waals surface area (Å²) < 4.78 is 12.1. The molecule has 6 nitrogen and oxygen atoms in total. The fourth-order valence-electron chi connectivity index (χ4n) is 5.92. The number of fused-ring (bicyclic) bond motifs is 1. The summed E-state index contributed by atoms with van der Waals surface area (Å²) in [6.45, 7) is 14.8. The van der Waals surface area contributed by atoms with Crippen LogP contribution in [0.1, 0.15) is 60.2 Å². The molecule has 2 aliphatic rings. The van der Waals surface area contributed by atoms with Crippen molar-refractivity contribution in [2.75, 3.05) is 13.2 Å². The second kappa shape index (κ2) is 13.1. The molecule has 4 rings (SSSR count). The first kappa shape index (κ1) is 30.7. The maximum atomic E-state index is 13.0. The Hall–Kier alpha value is -2.27. The molecule has 0 saturated carbocycles. The highest BCUT2D eigenvalue weighted by molar-refractivity contribution is 6.90. The fourth-order valence-corrected chi connectivity index (χ4v) is 11.1. The average Bonchev–Trinajstić information content (AvgIpc) is 3.54. The SMILES string of the molecule is CCCC[Si](C)(C)c1ccc(C(=O)N[C@H]2CO[C@H]3[C@@H]2OC[C@H]3NC(=O)c2ccc([Si](C)(C)CCCC)cc2)cc1. The molecule has 0 unspecified atom stereocenters. The lowest BCUT2D eigenvalue weighted by atomic mass is 10.0. The van der Waals surface area contributed by atoms with Gasteiger partial charge < -0.3 is 20.1 Å². The minimum Gasteiger partial charge on any atom is -0.371 e. The van der Waals surface area contributed by atoms with E-state index in [2.05, 4.69) is 74.9 Å². The summed E-state index contributed by atoms with van der Waals surface area (Å²) in [6.07, 6.45) is 4.36. The largest absolute Gasteiger partial charge is 0.371 e. The lowest BCUT2D eigenvalue weighted by Gasteiger charge is -2.23. The lowest BCUT2D eigenvalue weighted by Crippen LogP contribution is -2.47. The molecule has 0 aromatic heterocycles. The minimum absolute atomic E-state index is 0.115. The summed E-state index contributed by atoms with van der Waals surface area (Å²) in [6, 6.07) is 18.3. The summed E-state index contributed by atoms with van der Waals surface area (Å²) >= 11 is 0. The zero-order valence-corrected chi connectivity index (χ0v) is 27.2. The number of hydrogen-bond acceptors (Lipinski definition) is 4. The van der Waals surface area contributed by atoms with Crippen molar-refractivity contribution in [2.45, 2.75) is 102 Å². The Morgan fingerprint density at radius 3 is 1.35 bits per heavy atom. The molecule has 2 fully saturated rings. The third kappa shape index (κ3) is 7.13. The number of unbranched alkanes of at least 4 members (excludes halogenated alkanes) is 2. The second-order valence-electron chi connectivity index (χ2n) is 12.9. The molecule has 4 atom stereocenters. The molecule has 2 amide bonds. The Balaban J connectivity index is 1.31. The van der Waals surface area contributed by atoms with Crippen molar-refractivity contribution in [1.82, 2.24) is 10.6 Å². The van der Waals surface area contributed by atoms with E-state index in [4.69, 9.17) is 9.47 Å². The van der Waals surface area contributed by atoms with Gasteiger partial charge in [-0.3, -0.25) is 9.59 Å². The van der Waals surface area contributed by atoms with Crippen LogP contribution in [0.3, 0.4) is 0 Å². The molecular weight excluding hydrogens is 533 g/mol. The normalized spacial score (nSPS) is 22.6. The number of carbonyl (C=O) groups excluding carboxylic acids is 2. The van der Waals surface area contributed by atoms with Crippen molar-refractivity contribution >= 4 is 38.3 Å². The zero-order valence-electron chi connectivity index (χ0n) is 25.2. The van der Waals surface area contributed by atoms with Gasteiger partial charge in [-0.25, -0.2) is 0 Å². The van der Waals surface area contributed by atoms with Crippen molar-refractivity contribution in [2.24, 2.45) is 0 Å². The number of amides is 2. The third-order valence-electron chi connectivity index (χ3n) is 8.85. The molecule has 2 heterocycles. The van der Waals surface area contributed by atoms with Crippen LogP contribution in [0.15, 0.2) is 48.5 Å². The fraction of sp³-hybridized carbons (Fsp3) is 0.562. The standard InChI is InChI=1S/C32H48N2O4Si2/c1-7-9-19-39(3,4)25-15-11-23(12-16-25)31(35)33-27-21-37-30-28(22-38-29(27)30)34-32(36)24-13-17-26(18-14-24)40(5,6)20-10-8-2/h11-18,27-30H,7-10,19-22H2,1-6H3,(H,33,35)(H,34,36)/t27-,28+,29-,30-/m1/s1. The van der Waals surface area contributed by atoms with Gasteiger partial charge in [-0.1, -0.05) is 112 Å². The molecule has 8 heteroatoms. The Morgan fingerprint density at radius 2 is 1.02 bits per heavy atom. The first-order chi connectivity index (χ1) is 19.1. The Kier molecular flexibility index (Phi) is 10.1. The molecule has 2 aromatic carbocycles. The highest BCUT2D eigenvalue weighted by Crippen LogP contribution is 2.28. The molecule has 0 bridgehead atoms. The van der Waals surface area contributed by atoms with Crippen LogP contribution in [-0.4, -0.2) is 65.5 Å². The van der Waals surface area contributed by atoms with E-state index in [1.54, 1.807) is 0 Å². The van der Waals surface area contributed by atoms with Gasteiger partial charge in [0.2, 0.25) is 0 Å². The van der Waals surface area contributed by atoms with Crippen LogP contribution in [0.2, 0.25) is 38.3 Å². The number of rotatable bonds is 12. The van der Waals surface area contributed by atoms with Crippen LogP contribution in [0.25, 0.3) is 0 Å². The molecule has 0 radical (unpaired) electrons. The smallest absolute Gasteiger partial charge is 0.251 e. The van der Waals surface area contributed by atoms with Gasteiger partial charge in [0, 0.05) is 11.1 Å². The maximum Gasteiger partial charge on any atom is 0.251 e. The van der Waals surface area contributed by atoms with Crippen LogP contribution in [0.5, 0.6) is 0 Å². The Morgan fingerprint density at radius 1 is 0.675 bits per heavy atom. The molecule has 0 spiro atoms. The highest BCUT2D eigenvalue weighted by atomic mass is 28.3. The summed E-state index contributed by atoms with van der Waals surface area (Å²) in [5, 5.41) is 9.00. The zero-order chi connectivity index (χ0) is 28.9. The third-order valence-corrected chi connectivity index (χ3v) is 15.9. The van der Waals surface area contributed by atoms with Gasteiger partial charge in [0.1, 0.15) is 12.2 Å². The lowest BCUT2D eigenvalue weighted by molar-refractivity contribution is 0.0628. The number of nitrogens with one attached hydrogen (secondary N) is 2. The molecule has 2 aromatic rings. The van der Waals surface area contributed by atoms with Crippen LogP contribution in [0.4, 0.5) is 0 Å². The van der Waals surface area contributed by atoms with E-state index in [1.807, 2.05) is 24.3 Å². The van der Waals surface area contributed by atoms with Gasteiger partial charge in [0.05, 0.1) is 41.4 Å². The summed E-state index contributed by atoms with van der Waals surface area (Å²) in [7, 11) is -2.96. The van der Waals surface area contributed by atoms with E-state index in [0.717, 1.165) is 0 Å². The Labute approximate surface area is 242 Å². The molecule has 0 aliphatic carbocycles. The molecule has 2 aliphatic heterocycles. The van der Waals surface area contributed by atoms with E-state index >= 15 is 0 Å². The van der Waals surface area contributed by atoms with Crippen LogP contribution in [0, 0.1) is 0 Å². The quantitative estimate of drug-likeness (QED) is 0.353. The molecule has 218 valence electrons. The first-order valence-electron chi connectivity index (χ1n) is 15.1.